The lowest BCUT2D eigenvalue weighted by molar-refractivity contribution is 0.583. The number of aromatic nitrogens is 3. The maximum atomic E-state index is 13.3. The van der Waals surface area contributed by atoms with Gasteiger partial charge < -0.3 is 5.73 Å². The van der Waals surface area contributed by atoms with Gasteiger partial charge in [0.05, 0.1) is 17.6 Å². The van der Waals surface area contributed by atoms with E-state index in [4.69, 9.17) is 5.73 Å². The molecule has 2 N–H and O–H groups in total. The second kappa shape index (κ2) is 4.30. The molecule has 0 aliphatic rings. The number of nitrogens with zero attached hydrogens (tertiary/aromatic N) is 3. The smallest absolute Gasteiger partial charge is 0.146 e. The lowest BCUT2D eigenvalue weighted by Crippen LogP contribution is -2.03. The molecule has 0 saturated heterocycles. The van der Waals surface area contributed by atoms with Crippen LogP contribution in [0.5, 0.6) is 0 Å². The minimum Gasteiger partial charge on any atom is -0.396 e. The number of hydrogen-bond donors (Lipinski definition) is 1. The fourth-order valence-electron chi connectivity index (χ4n) is 1.60. The third kappa shape index (κ3) is 1.76. The highest BCUT2D eigenvalue weighted by Gasteiger charge is 2.11. The summed E-state index contributed by atoms with van der Waals surface area (Å²) < 4.78 is 15.0. The van der Waals surface area contributed by atoms with Crippen LogP contribution < -0.4 is 5.73 Å². The Hall–Kier alpha value is -1.91. The zero-order valence-electron chi connectivity index (χ0n) is 9.02. The van der Waals surface area contributed by atoms with Gasteiger partial charge in [0.25, 0.3) is 0 Å². The summed E-state index contributed by atoms with van der Waals surface area (Å²) in [4.78, 5) is 0. The largest absolute Gasteiger partial charge is 0.396 e. The third-order valence-corrected chi connectivity index (χ3v) is 2.38. The molecule has 0 amide bonds. The first kappa shape index (κ1) is 10.6. The lowest BCUT2D eigenvalue weighted by atomic mass is 10.1. The highest BCUT2D eigenvalue weighted by molar-refractivity contribution is 5.73. The van der Waals surface area contributed by atoms with E-state index in [0.717, 1.165) is 18.7 Å². The first-order valence-corrected chi connectivity index (χ1v) is 5.17. The van der Waals surface area contributed by atoms with E-state index in [-0.39, 0.29) is 5.69 Å². The van der Waals surface area contributed by atoms with E-state index in [9.17, 15) is 4.39 Å². The number of anilines is 1. The molecule has 1 aromatic heterocycles. The minimum atomic E-state index is -0.415. The van der Waals surface area contributed by atoms with Crippen LogP contribution in [0.15, 0.2) is 24.4 Å². The van der Waals surface area contributed by atoms with Crippen molar-refractivity contribution in [3.05, 3.63) is 30.2 Å². The van der Waals surface area contributed by atoms with Crippen LogP contribution in [-0.2, 0) is 6.54 Å². The fourth-order valence-corrected chi connectivity index (χ4v) is 1.60. The van der Waals surface area contributed by atoms with Crippen LogP contribution in [-0.4, -0.2) is 15.0 Å². The predicted octanol–water partition coefficient (Wildman–Crippen LogP) is 2.08. The Kier molecular flexibility index (Phi) is 2.85. The number of hydrogen-bond acceptors (Lipinski definition) is 3. The van der Waals surface area contributed by atoms with Crippen LogP contribution in [0.3, 0.4) is 0 Å². The molecular weight excluding hydrogens is 207 g/mol. The molecule has 0 saturated carbocycles. The van der Waals surface area contributed by atoms with Crippen molar-refractivity contribution in [2.45, 2.75) is 19.9 Å². The Morgan fingerprint density at radius 1 is 1.44 bits per heavy atom. The van der Waals surface area contributed by atoms with Gasteiger partial charge in [0.15, 0.2) is 0 Å². The summed E-state index contributed by atoms with van der Waals surface area (Å²) in [7, 11) is 0. The van der Waals surface area contributed by atoms with Crippen molar-refractivity contribution in [3.63, 3.8) is 0 Å². The van der Waals surface area contributed by atoms with Gasteiger partial charge >= 0.3 is 0 Å². The molecule has 84 valence electrons. The Bertz CT molecular complexity index is 492. The highest BCUT2D eigenvalue weighted by atomic mass is 19.1. The number of benzene rings is 1. The van der Waals surface area contributed by atoms with Crippen LogP contribution in [0.25, 0.3) is 11.3 Å². The molecule has 4 nitrogen and oxygen atoms in total. The van der Waals surface area contributed by atoms with Crippen molar-refractivity contribution in [2.75, 3.05) is 5.73 Å². The van der Waals surface area contributed by atoms with E-state index >= 15 is 0 Å². The quantitative estimate of drug-likeness (QED) is 0.805. The molecule has 0 bridgehead atoms. The van der Waals surface area contributed by atoms with Crippen LogP contribution >= 0.6 is 0 Å². The SMILES string of the molecule is CCCn1nncc1-c1cccc(F)c1N. The summed E-state index contributed by atoms with van der Waals surface area (Å²) in [5, 5.41) is 7.76. The maximum absolute atomic E-state index is 13.3. The average Bonchev–Trinajstić information content (AvgIpc) is 2.71. The first-order chi connectivity index (χ1) is 7.74. The Morgan fingerprint density at radius 2 is 2.25 bits per heavy atom. The van der Waals surface area contributed by atoms with Crippen LogP contribution in [0.4, 0.5) is 10.1 Å². The van der Waals surface area contributed by atoms with Gasteiger partial charge in [-0.2, -0.15) is 0 Å². The normalized spacial score (nSPS) is 10.6. The molecule has 0 fully saturated rings. The van der Waals surface area contributed by atoms with E-state index in [1.807, 2.05) is 6.92 Å². The van der Waals surface area contributed by atoms with Crippen LogP contribution in [0, 0.1) is 5.82 Å². The Balaban J connectivity index is 2.50. The van der Waals surface area contributed by atoms with Gasteiger partial charge in [-0.1, -0.05) is 24.3 Å². The molecule has 2 rings (SSSR count). The molecule has 0 unspecified atom stereocenters. The standard InChI is InChI=1S/C11H13FN4/c1-2-6-16-10(7-14-15-16)8-4-3-5-9(12)11(8)13/h3-5,7H,2,6,13H2,1H3. The molecule has 5 heteroatoms. The van der Waals surface area contributed by atoms with E-state index in [1.54, 1.807) is 23.0 Å². The number of para-hydroxylation sites is 1. The monoisotopic (exact) mass is 220 g/mol. The summed E-state index contributed by atoms with van der Waals surface area (Å²) in [5.41, 5.74) is 7.22. The zero-order chi connectivity index (χ0) is 11.5. The zero-order valence-corrected chi connectivity index (χ0v) is 9.02. The topological polar surface area (TPSA) is 56.7 Å². The first-order valence-electron chi connectivity index (χ1n) is 5.17. The van der Waals surface area contributed by atoms with Crippen molar-refractivity contribution in [2.24, 2.45) is 0 Å². The molecule has 0 aliphatic heterocycles. The molecule has 1 heterocycles. The van der Waals surface area contributed by atoms with Crippen molar-refractivity contribution in [1.82, 2.24) is 15.0 Å². The third-order valence-electron chi connectivity index (χ3n) is 2.38. The number of nitrogen functional groups attached to an aromatic ring is 1. The molecule has 0 aliphatic carbocycles. The van der Waals surface area contributed by atoms with Gasteiger partial charge in [-0.15, -0.1) is 5.10 Å². The van der Waals surface area contributed by atoms with E-state index in [0.29, 0.717) is 5.56 Å². The predicted molar refractivity (Wildman–Crippen MR) is 60.1 cm³/mol. The molecule has 16 heavy (non-hydrogen) atoms. The molecule has 1 aromatic carbocycles. The van der Waals surface area contributed by atoms with Crippen molar-refractivity contribution in [3.8, 4) is 11.3 Å². The lowest BCUT2D eigenvalue weighted by Gasteiger charge is -2.07. The van der Waals surface area contributed by atoms with Gasteiger partial charge in [0.2, 0.25) is 0 Å². The second-order valence-electron chi connectivity index (χ2n) is 3.54. The Labute approximate surface area is 92.9 Å². The maximum Gasteiger partial charge on any atom is 0.146 e. The summed E-state index contributed by atoms with van der Waals surface area (Å²) in [6.07, 6.45) is 2.53. The van der Waals surface area contributed by atoms with Gasteiger partial charge in [0, 0.05) is 12.1 Å². The molecule has 0 radical (unpaired) electrons. The number of aryl methyl sites for hydroxylation is 1. The summed E-state index contributed by atoms with van der Waals surface area (Å²) in [6.45, 7) is 2.78. The molecule has 0 spiro atoms. The molecular formula is C11H13FN4. The van der Waals surface area contributed by atoms with E-state index in [1.165, 1.54) is 6.07 Å². The second-order valence-corrected chi connectivity index (χ2v) is 3.54. The fraction of sp³-hybridized carbons (Fsp3) is 0.273. The van der Waals surface area contributed by atoms with Gasteiger partial charge in [0.1, 0.15) is 5.82 Å². The van der Waals surface area contributed by atoms with E-state index < -0.39 is 5.82 Å². The van der Waals surface area contributed by atoms with Crippen molar-refractivity contribution < 1.29 is 4.39 Å². The van der Waals surface area contributed by atoms with Gasteiger partial charge in [-0.05, 0) is 12.5 Å². The van der Waals surface area contributed by atoms with E-state index in [2.05, 4.69) is 10.3 Å². The number of nitrogens with two attached hydrogens (primary N) is 1. The van der Waals surface area contributed by atoms with Crippen LogP contribution in [0.2, 0.25) is 0 Å². The number of halogens is 1. The van der Waals surface area contributed by atoms with Gasteiger partial charge in [-0.3, -0.25) is 0 Å². The van der Waals surface area contributed by atoms with Crippen molar-refractivity contribution in [1.29, 1.82) is 0 Å². The summed E-state index contributed by atoms with van der Waals surface area (Å²) >= 11 is 0. The highest BCUT2D eigenvalue weighted by Crippen LogP contribution is 2.26. The number of rotatable bonds is 3. The molecule has 0 atom stereocenters. The minimum absolute atomic E-state index is 0.141. The average molecular weight is 220 g/mol. The summed E-state index contributed by atoms with van der Waals surface area (Å²) in [5.74, 6) is -0.415. The Morgan fingerprint density at radius 3 is 3.00 bits per heavy atom. The van der Waals surface area contributed by atoms with Crippen LogP contribution in [0.1, 0.15) is 13.3 Å². The van der Waals surface area contributed by atoms with Gasteiger partial charge in [-0.25, -0.2) is 9.07 Å². The summed E-state index contributed by atoms with van der Waals surface area (Å²) in [6, 6.07) is 4.74. The molecule has 2 aromatic rings. The van der Waals surface area contributed by atoms with Crippen molar-refractivity contribution >= 4 is 5.69 Å².